The maximum atomic E-state index is 6.04. The van der Waals surface area contributed by atoms with Gasteiger partial charge in [0.25, 0.3) is 0 Å². The molecule has 1 aliphatic rings. The lowest BCUT2D eigenvalue weighted by molar-refractivity contribution is 0.383. The van der Waals surface area contributed by atoms with E-state index in [1.165, 1.54) is 11.3 Å². The van der Waals surface area contributed by atoms with Crippen LogP contribution in [0.15, 0.2) is 22.7 Å². The average Bonchev–Trinajstić information content (AvgIpc) is 2.20. The fourth-order valence-corrected chi connectivity index (χ4v) is 2.89. The van der Waals surface area contributed by atoms with Gasteiger partial charge in [0, 0.05) is 29.3 Å². The monoisotopic (exact) mass is 282 g/mol. The van der Waals surface area contributed by atoms with E-state index in [2.05, 4.69) is 52.9 Å². The van der Waals surface area contributed by atoms with Gasteiger partial charge in [0.05, 0.1) is 0 Å². The van der Waals surface area contributed by atoms with E-state index < -0.39 is 0 Å². The Bertz CT molecular complexity index is 358. The Hall–Kier alpha value is -0.540. The van der Waals surface area contributed by atoms with Crippen molar-refractivity contribution in [3.05, 3.63) is 28.2 Å². The van der Waals surface area contributed by atoms with Crippen molar-refractivity contribution < 1.29 is 0 Å². The van der Waals surface area contributed by atoms with Gasteiger partial charge in [-0.3, -0.25) is 0 Å². The first kappa shape index (κ1) is 11.9. The van der Waals surface area contributed by atoms with E-state index in [1.807, 2.05) is 0 Å². The van der Waals surface area contributed by atoms with E-state index in [4.69, 9.17) is 5.73 Å². The first-order valence-corrected chi connectivity index (χ1v) is 6.63. The number of halogens is 1. The molecule has 0 radical (unpaired) electrons. The van der Waals surface area contributed by atoms with E-state index >= 15 is 0 Å². The van der Waals surface area contributed by atoms with Crippen molar-refractivity contribution in [2.24, 2.45) is 11.7 Å². The Morgan fingerprint density at radius 2 is 2.12 bits per heavy atom. The van der Waals surface area contributed by atoms with Crippen molar-refractivity contribution in [2.75, 3.05) is 18.0 Å². The van der Waals surface area contributed by atoms with E-state index in [0.717, 1.165) is 24.0 Å². The predicted molar refractivity (Wildman–Crippen MR) is 72.8 cm³/mol. The minimum Gasteiger partial charge on any atom is -0.371 e. The van der Waals surface area contributed by atoms with Crippen LogP contribution in [0.5, 0.6) is 0 Å². The van der Waals surface area contributed by atoms with E-state index in [-0.39, 0.29) is 0 Å². The minimum absolute atomic E-state index is 0.365. The Morgan fingerprint density at radius 1 is 1.38 bits per heavy atom. The minimum atomic E-state index is 0.365. The van der Waals surface area contributed by atoms with Crippen molar-refractivity contribution in [3.8, 4) is 0 Å². The Morgan fingerprint density at radius 3 is 2.75 bits per heavy atom. The van der Waals surface area contributed by atoms with Crippen LogP contribution in [0.25, 0.3) is 0 Å². The summed E-state index contributed by atoms with van der Waals surface area (Å²) >= 11 is 3.56. The SMILES string of the molecule is Cc1cc(Br)cc(N2CCC(N)C(C)C2)c1. The molecule has 1 aliphatic heterocycles. The molecule has 2 atom stereocenters. The number of piperidine rings is 1. The van der Waals surface area contributed by atoms with Gasteiger partial charge in [0.1, 0.15) is 0 Å². The fraction of sp³-hybridized carbons (Fsp3) is 0.538. The van der Waals surface area contributed by atoms with Gasteiger partial charge >= 0.3 is 0 Å². The third-order valence-corrected chi connectivity index (χ3v) is 3.82. The normalized spacial score (nSPS) is 25.9. The summed E-state index contributed by atoms with van der Waals surface area (Å²) in [4.78, 5) is 2.44. The number of rotatable bonds is 1. The lowest BCUT2D eigenvalue weighted by atomic mass is 9.94. The summed E-state index contributed by atoms with van der Waals surface area (Å²) in [5.74, 6) is 0.577. The quantitative estimate of drug-likeness (QED) is 0.858. The smallest absolute Gasteiger partial charge is 0.0380 e. The molecule has 2 N–H and O–H groups in total. The molecule has 0 saturated carbocycles. The van der Waals surface area contributed by atoms with Gasteiger partial charge in [0.15, 0.2) is 0 Å². The molecule has 0 amide bonds. The average molecular weight is 283 g/mol. The Kier molecular flexibility index (Phi) is 3.55. The molecule has 88 valence electrons. The number of hydrogen-bond acceptors (Lipinski definition) is 2. The molecule has 3 heteroatoms. The third-order valence-electron chi connectivity index (χ3n) is 3.36. The maximum absolute atomic E-state index is 6.04. The van der Waals surface area contributed by atoms with Crippen LogP contribution in [0.4, 0.5) is 5.69 Å². The first-order chi connectivity index (χ1) is 7.56. The van der Waals surface area contributed by atoms with Crippen molar-refractivity contribution in [3.63, 3.8) is 0 Å². The topological polar surface area (TPSA) is 29.3 Å². The van der Waals surface area contributed by atoms with Gasteiger partial charge < -0.3 is 10.6 Å². The molecule has 1 saturated heterocycles. The third kappa shape index (κ3) is 2.58. The summed E-state index contributed by atoms with van der Waals surface area (Å²) in [7, 11) is 0. The summed E-state index contributed by atoms with van der Waals surface area (Å²) in [6.45, 7) is 6.51. The van der Waals surface area contributed by atoms with E-state index in [1.54, 1.807) is 0 Å². The van der Waals surface area contributed by atoms with Gasteiger partial charge in [-0.25, -0.2) is 0 Å². The number of aryl methyl sites for hydroxylation is 1. The molecule has 1 aromatic carbocycles. The molecule has 2 nitrogen and oxygen atoms in total. The number of benzene rings is 1. The molecule has 0 spiro atoms. The number of nitrogens with two attached hydrogens (primary N) is 1. The zero-order valence-corrected chi connectivity index (χ0v) is 11.5. The molecule has 16 heavy (non-hydrogen) atoms. The zero-order chi connectivity index (χ0) is 11.7. The zero-order valence-electron chi connectivity index (χ0n) is 9.91. The highest BCUT2D eigenvalue weighted by Gasteiger charge is 2.23. The summed E-state index contributed by atoms with van der Waals surface area (Å²) in [6.07, 6.45) is 1.09. The van der Waals surface area contributed by atoms with Crippen LogP contribution in [0.1, 0.15) is 18.9 Å². The van der Waals surface area contributed by atoms with Gasteiger partial charge in [-0.2, -0.15) is 0 Å². The molecule has 1 heterocycles. The number of nitrogens with zero attached hydrogens (tertiary/aromatic N) is 1. The summed E-state index contributed by atoms with van der Waals surface area (Å²) in [5.41, 5.74) is 8.65. The number of hydrogen-bond donors (Lipinski definition) is 1. The molecular formula is C13H19BrN2. The molecular weight excluding hydrogens is 264 g/mol. The van der Waals surface area contributed by atoms with Crippen LogP contribution in [0, 0.1) is 12.8 Å². The molecule has 0 aliphatic carbocycles. The molecule has 0 bridgehead atoms. The largest absolute Gasteiger partial charge is 0.371 e. The van der Waals surface area contributed by atoms with Crippen molar-refractivity contribution in [1.29, 1.82) is 0 Å². The first-order valence-electron chi connectivity index (χ1n) is 5.84. The van der Waals surface area contributed by atoms with Gasteiger partial charge in [-0.15, -0.1) is 0 Å². The highest BCUT2D eigenvalue weighted by molar-refractivity contribution is 9.10. The lowest BCUT2D eigenvalue weighted by Crippen LogP contribution is -2.46. The molecule has 2 unspecified atom stereocenters. The highest BCUT2D eigenvalue weighted by atomic mass is 79.9. The summed E-state index contributed by atoms with van der Waals surface area (Å²) < 4.78 is 1.16. The second-order valence-corrected chi connectivity index (χ2v) is 5.78. The van der Waals surface area contributed by atoms with Gasteiger partial charge in [0.2, 0.25) is 0 Å². The standard InChI is InChI=1S/C13H19BrN2/c1-9-5-11(14)7-12(6-9)16-4-3-13(15)10(2)8-16/h5-7,10,13H,3-4,8,15H2,1-2H3. The van der Waals surface area contributed by atoms with Crippen LogP contribution in [-0.2, 0) is 0 Å². The van der Waals surface area contributed by atoms with Crippen molar-refractivity contribution in [1.82, 2.24) is 0 Å². The van der Waals surface area contributed by atoms with Crippen LogP contribution >= 0.6 is 15.9 Å². The summed E-state index contributed by atoms with van der Waals surface area (Å²) in [6, 6.07) is 6.94. The van der Waals surface area contributed by atoms with Crippen LogP contribution < -0.4 is 10.6 Å². The molecule has 1 aromatic rings. The van der Waals surface area contributed by atoms with Crippen molar-refractivity contribution in [2.45, 2.75) is 26.3 Å². The predicted octanol–water partition coefficient (Wildman–Crippen LogP) is 2.93. The highest BCUT2D eigenvalue weighted by Crippen LogP contribution is 2.26. The van der Waals surface area contributed by atoms with Gasteiger partial charge in [-0.1, -0.05) is 22.9 Å². The maximum Gasteiger partial charge on any atom is 0.0380 e. The van der Waals surface area contributed by atoms with Crippen molar-refractivity contribution >= 4 is 21.6 Å². The van der Waals surface area contributed by atoms with Crippen LogP contribution in [0.2, 0.25) is 0 Å². The van der Waals surface area contributed by atoms with Gasteiger partial charge in [-0.05, 0) is 43.0 Å². The second-order valence-electron chi connectivity index (χ2n) is 4.86. The molecule has 0 aromatic heterocycles. The Balaban J connectivity index is 2.18. The van der Waals surface area contributed by atoms with Crippen LogP contribution in [-0.4, -0.2) is 19.1 Å². The van der Waals surface area contributed by atoms with Crippen LogP contribution in [0.3, 0.4) is 0 Å². The summed E-state index contributed by atoms with van der Waals surface area (Å²) in [5, 5.41) is 0. The fourth-order valence-electron chi connectivity index (χ4n) is 2.30. The second kappa shape index (κ2) is 4.76. The number of anilines is 1. The van der Waals surface area contributed by atoms with E-state index in [9.17, 15) is 0 Å². The molecule has 1 fully saturated rings. The lowest BCUT2D eigenvalue weighted by Gasteiger charge is -2.36. The molecule has 2 rings (SSSR count). The Labute approximate surface area is 106 Å². The van der Waals surface area contributed by atoms with E-state index in [0.29, 0.717) is 12.0 Å².